The summed E-state index contributed by atoms with van der Waals surface area (Å²) in [6.45, 7) is 2.73. The molecule has 2 aromatic heterocycles. The number of fused-ring (bicyclic) bond motifs is 1. The normalized spacial score (nSPS) is 10.6. The van der Waals surface area contributed by atoms with E-state index in [0.29, 0.717) is 24.2 Å². The van der Waals surface area contributed by atoms with Crippen LogP contribution in [0.5, 0.6) is 0 Å². The molecule has 0 aliphatic heterocycles. The number of carbonyl (C=O) groups is 1. The Balaban J connectivity index is 2.28. The van der Waals surface area contributed by atoms with Gasteiger partial charge in [-0.1, -0.05) is 0 Å². The molecule has 0 bridgehead atoms. The number of nitrogens with one attached hydrogen (secondary N) is 1. The van der Waals surface area contributed by atoms with Gasteiger partial charge in [0.15, 0.2) is 11.3 Å². The lowest BCUT2D eigenvalue weighted by atomic mass is 10.3. The summed E-state index contributed by atoms with van der Waals surface area (Å²) in [6, 6.07) is 5.28. The van der Waals surface area contributed by atoms with Crippen LogP contribution in [-0.4, -0.2) is 24.0 Å². The van der Waals surface area contributed by atoms with Crippen LogP contribution in [0.1, 0.15) is 16.2 Å². The van der Waals surface area contributed by atoms with Gasteiger partial charge in [-0.2, -0.15) is 0 Å². The fourth-order valence-corrected chi connectivity index (χ4v) is 1.41. The molecule has 0 aliphatic rings. The molecule has 2 aromatic rings. The van der Waals surface area contributed by atoms with Gasteiger partial charge in [-0.3, -0.25) is 4.79 Å². The first-order valence-electron chi connectivity index (χ1n) is 5.06. The van der Waals surface area contributed by atoms with E-state index < -0.39 is 0 Å². The highest BCUT2D eigenvalue weighted by atomic mass is 16.3. The number of carbonyl (C=O) groups excluding carboxylic acids is 1. The SMILES string of the molecule is Cc1ccc2oc(C(=O)NCCN)cc2n1. The van der Waals surface area contributed by atoms with Gasteiger partial charge in [0.05, 0.1) is 0 Å². The smallest absolute Gasteiger partial charge is 0.287 e. The average Bonchev–Trinajstić information content (AvgIpc) is 2.68. The van der Waals surface area contributed by atoms with Crippen molar-refractivity contribution in [1.29, 1.82) is 0 Å². The first-order valence-corrected chi connectivity index (χ1v) is 5.06. The van der Waals surface area contributed by atoms with Crippen LogP contribution in [0.2, 0.25) is 0 Å². The van der Waals surface area contributed by atoms with Gasteiger partial charge >= 0.3 is 0 Å². The summed E-state index contributed by atoms with van der Waals surface area (Å²) in [6.07, 6.45) is 0. The van der Waals surface area contributed by atoms with Crippen LogP contribution in [0.15, 0.2) is 22.6 Å². The molecule has 0 aromatic carbocycles. The lowest BCUT2D eigenvalue weighted by molar-refractivity contribution is 0.0929. The van der Waals surface area contributed by atoms with Gasteiger partial charge < -0.3 is 15.5 Å². The minimum absolute atomic E-state index is 0.263. The fraction of sp³-hybridized carbons (Fsp3) is 0.273. The molecule has 3 N–H and O–H groups in total. The second-order valence-corrected chi connectivity index (χ2v) is 3.49. The Hall–Kier alpha value is -1.88. The lowest BCUT2D eigenvalue weighted by Crippen LogP contribution is -2.28. The Bertz CT molecular complexity index is 519. The molecular formula is C11H13N3O2. The second kappa shape index (κ2) is 4.32. The maximum Gasteiger partial charge on any atom is 0.287 e. The largest absolute Gasteiger partial charge is 0.449 e. The van der Waals surface area contributed by atoms with E-state index in [2.05, 4.69) is 10.3 Å². The fourth-order valence-electron chi connectivity index (χ4n) is 1.41. The monoisotopic (exact) mass is 219 g/mol. The zero-order valence-corrected chi connectivity index (χ0v) is 8.99. The summed E-state index contributed by atoms with van der Waals surface area (Å²) in [7, 11) is 0. The predicted octanol–water partition coefficient (Wildman–Crippen LogP) is 0.825. The number of amides is 1. The molecule has 0 aliphatic carbocycles. The molecule has 5 heteroatoms. The zero-order chi connectivity index (χ0) is 11.5. The standard InChI is InChI=1S/C11H13N3O2/c1-7-2-3-9-8(14-7)6-10(16-9)11(15)13-5-4-12/h2-3,6H,4-5,12H2,1H3,(H,13,15). The molecule has 1 amide bonds. The highest BCUT2D eigenvalue weighted by molar-refractivity contribution is 5.95. The molecule has 5 nitrogen and oxygen atoms in total. The van der Waals surface area contributed by atoms with Crippen LogP contribution >= 0.6 is 0 Å². The number of rotatable bonds is 3. The summed E-state index contributed by atoms with van der Waals surface area (Å²) in [4.78, 5) is 15.8. The summed E-state index contributed by atoms with van der Waals surface area (Å²) in [5.74, 6) is 0.00246. The number of hydrogen-bond donors (Lipinski definition) is 2. The van der Waals surface area contributed by atoms with E-state index in [1.54, 1.807) is 12.1 Å². The maximum atomic E-state index is 11.6. The molecule has 2 rings (SSSR count). The summed E-state index contributed by atoms with van der Waals surface area (Å²) < 4.78 is 5.37. The Morgan fingerprint density at radius 3 is 3.12 bits per heavy atom. The van der Waals surface area contributed by atoms with Gasteiger partial charge in [0.2, 0.25) is 0 Å². The third-order valence-electron chi connectivity index (χ3n) is 2.17. The highest BCUT2D eigenvalue weighted by Gasteiger charge is 2.11. The molecule has 84 valence electrons. The van der Waals surface area contributed by atoms with Gasteiger partial charge in [0.1, 0.15) is 5.52 Å². The van der Waals surface area contributed by atoms with Crippen LogP contribution in [-0.2, 0) is 0 Å². The van der Waals surface area contributed by atoms with E-state index in [9.17, 15) is 4.79 Å². The predicted molar refractivity (Wildman–Crippen MR) is 60.1 cm³/mol. The summed E-state index contributed by atoms with van der Waals surface area (Å²) in [5.41, 5.74) is 7.49. The molecule has 0 atom stereocenters. The first-order chi connectivity index (χ1) is 7.70. The number of aryl methyl sites for hydroxylation is 1. The van der Waals surface area contributed by atoms with E-state index in [4.69, 9.17) is 10.2 Å². The van der Waals surface area contributed by atoms with Crippen molar-refractivity contribution in [2.24, 2.45) is 5.73 Å². The first kappa shape index (κ1) is 10.6. The number of pyridine rings is 1. The highest BCUT2D eigenvalue weighted by Crippen LogP contribution is 2.17. The quantitative estimate of drug-likeness (QED) is 0.801. The third-order valence-corrected chi connectivity index (χ3v) is 2.17. The van der Waals surface area contributed by atoms with Crippen LogP contribution in [0.25, 0.3) is 11.1 Å². The van der Waals surface area contributed by atoms with Gasteiger partial charge in [-0.15, -0.1) is 0 Å². The van der Waals surface area contributed by atoms with E-state index in [-0.39, 0.29) is 11.7 Å². The van der Waals surface area contributed by atoms with Crippen molar-refractivity contribution in [3.63, 3.8) is 0 Å². The Morgan fingerprint density at radius 1 is 1.56 bits per heavy atom. The van der Waals surface area contributed by atoms with Gasteiger partial charge in [-0.05, 0) is 19.1 Å². The molecular weight excluding hydrogens is 206 g/mol. The molecule has 2 heterocycles. The van der Waals surface area contributed by atoms with E-state index in [0.717, 1.165) is 5.69 Å². The zero-order valence-electron chi connectivity index (χ0n) is 8.99. The van der Waals surface area contributed by atoms with Gasteiger partial charge in [-0.25, -0.2) is 4.98 Å². The van der Waals surface area contributed by atoms with Crippen LogP contribution in [0.3, 0.4) is 0 Å². The van der Waals surface area contributed by atoms with Crippen molar-refractivity contribution >= 4 is 17.0 Å². The molecule has 0 unspecified atom stereocenters. The third kappa shape index (κ3) is 2.04. The van der Waals surface area contributed by atoms with Crippen molar-refractivity contribution in [3.8, 4) is 0 Å². The Kier molecular flexibility index (Phi) is 2.87. The molecule has 0 fully saturated rings. The Labute approximate surface area is 92.6 Å². The lowest BCUT2D eigenvalue weighted by Gasteiger charge is -1.98. The Morgan fingerprint density at radius 2 is 2.38 bits per heavy atom. The summed E-state index contributed by atoms with van der Waals surface area (Å²) in [5, 5.41) is 2.64. The van der Waals surface area contributed by atoms with E-state index in [1.807, 2.05) is 13.0 Å². The van der Waals surface area contributed by atoms with Crippen LogP contribution < -0.4 is 11.1 Å². The number of aromatic nitrogens is 1. The topological polar surface area (TPSA) is 81.2 Å². The van der Waals surface area contributed by atoms with Crippen molar-refractivity contribution in [2.75, 3.05) is 13.1 Å². The van der Waals surface area contributed by atoms with Crippen molar-refractivity contribution < 1.29 is 9.21 Å². The van der Waals surface area contributed by atoms with Crippen LogP contribution in [0, 0.1) is 6.92 Å². The van der Waals surface area contributed by atoms with E-state index in [1.165, 1.54) is 0 Å². The number of hydrogen-bond acceptors (Lipinski definition) is 4. The summed E-state index contributed by atoms with van der Waals surface area (Å²) >= 11 is 0. The molecule has 0 saturated carbocycles. The van der Waals surface area contributed by atoms with Crippen molar-refractivity contribution in [3.05, 3.63) is 29.7 Å². The average molecular weight is 219 g/mol. The minimum Gasteiger partial charge on any atom is -0.449 e. The van der Waals surface area contributed by atoms with Gasteiger partial charge in [0, 0.05) is 24.8 Å². The minimum atomic E-state index is -0.263. The van der Waals surface area contributed by atoms with Gasteiger partial charge in [0.25, 0.3) is 5.91 Å². The number of nitrogens with zero attached hydrogens (tertiary/aromatic N) is 1. The van der Waals surface area contributed by atoms with Crippen molar-refractivity contribution in [2.45, 2.75) is 6.92 Å². The maximum absolute atomic E-state index is 11.6. The molecule has 16 heavy (non-hydrogen) atoms. The van der Waals surface area contributed by atoms with E-state index >= 15 is 0 Å². The molecule has 0 spiro atoms. The molecule has 0 radical (unpaired) electrons. The molecule has 0 saturated heterocycles. The number of furan rings is 1. The number of nitrogens with two attached hydrogens (primary N) is 1. The van der Waals surface area contributed by atoms with Crippen LogP contribution in [0.4, 0.5) is 0 Å². The second-order valence-electron chi connectivity index (χ2n) is 3.49. The van der Waals surface area contributed by atoms with Crippen molar-refractivity contribution in [1.82, 2.24) is 10.3 Å².